The van der Waals surface area contributed by atoms with Crippen molar-refractivity contribution >= 4 is 17.3 Å². The summed E-state index contributed by atoms with van der Waals surface area (Å²) in [7, 11) is 1.84. The summed E-state index contributed by atoms with van der Waals surface area (Å²) in [5, 5.41) is 0. The van der Waals surface area contributed by atoms with Crippen molar-refractivity contribution < 1.29 is 9.53 Å². The predicted molar refractivity (Wildman–Crippen MR) is 76.5 cm³/mol. The maximum Gasteiger partial charge on any atom is 0.241 e. The Kier molecular flexibility index (Phi) is 4.14. The topological polar surface area (TPSA) is 58.8 Å². The van der Waals surface area contributed by atoms with Gasteiger partial charge in [-0.05, 0) is 19.4 Å². The number of hydrogen-bond donors (Lipinski definition) is 1. The fraction of sp³-hybridized carbons (Fsp3) is 0.500. The van der Waals surface area contributed by atoms with Gasteiger partial charge in [-0.1, -0.05) is 0 Å². The first-order valence-corrected chi connectivity index (χ1v) is 6.62. The molecule has 19 heavy (non-hydrogen) atoms. The van der Waals surface area contributed by atoms with Crippen LogP contribution in [0.4, 0.5) is 11.4 Å². The summed E-state index contributed by atoms with van der Waals surface area (Å²) in [5.41, 5.74) is 7.50. The zero-order valence-electron chi connectivity index (χ0n) is 11.6. The molecule has 0 aliphatic carbocycles. The standard InChI is InChI=1S/C14H21N3O2/c1-3-19-13-8-11(15)7-12(9-13)17-6-4-5-16(2)14(18)10-17/h7-9H,3-6,10,15H2,1-2H3. The van der Waals surface area contributed by atoms with Gasteiger partial charge in [-0.25, -0.2) is 0 Å². The largest absolute Gasteiger partial charge is 0.494 e. The third-order valence-electron chi connectivity index (χ3n) is 3.26. The van der Waals surface area contributed by atoms with Crippen molar-refractivity contribution in [1.82, 2.24) is 4.90 Å². The van der Waals surface area contributed by atoms with E-state index in [1.54, 1.807) is 11.0 Å². The number of amides is 1. The molecule has 0 aromatic heterocycles. The lowest BCUT2D eigenvalue weighted by molar-refractivity contribution is -0.127. The summed E-state index contributed by atoms with van der Waals surface area (Å²) >= 11 is 0. The van der Waals surface area contributed by atoms with E-state index in [1.165, 1.54) is 0 Å². The van der Waals surface area contributed by atoms with E-state index in [2.05, 4.69) is 4.90 Å². The van der Waals surface area contributed by atoms with Gasteiger partial charge in [0, 0.05) is 43.6 Å². The third-order valence-corrected chi connectivity index (χ3v) is 3.26. The van der Waals surface area contributed by atoms with Gasteiger partial charge in [0.2, 0.25) is 5.91 Å². The molecular formula is C14H21N3O2. The number of ether oxygens (including phenoxy) is 1. The second kappa shape index (κ2) is 5.82. The fourth-order valence-corrected chi connectivity index (χ4v) is 2.25. The average Bonchev–Trinajstić information content (AvgIpc) is 2.52. The quantitative estimate of drug-likeness (QED) is 0.836. The van der Waals surface area contributed by atoms with Crippen molar-refractivity contribution in [3.05, 3.63) is 18.2 Å². The molecule has 1 aliphatic rings. The maximum atomic E-state index is 11.9. The normalized spacial score (nSPS) is 16.4. The van der Waals surface area contributed by atoms with Crippen molar-refractivity contribution in [2.75, 3.05) is 43.9 Å². The van der Waals surface area contributed by atoms with Gasteiger partial charge in [0.05, 0.1) is 13.2 Å². The number of benzene rings is 1. The van der Waals surface area contributed by atoms with Crippen LogP contribution in [0.2, 0.25) is 0 Å². The molecule has 0 saturated carbocycles. The third kappa shape index (κ3) is 3.30. The van der Waals surface area contributed by atoms with Gasteiger partial charge < -0.3 is 20.3 Å². The van der Waals surface area contributed by atoms with Crippen molar-refractivity contribution in [1.29, 1.82) is 0 Å². The van der Waals surface area contributed by atoms with Gasteiger partial charge in [-0.15, -0.1) is 0 Å². The first-order valence-electron chi connectivity index (χ1n) is 6.62. The SMILES string of the molecule is CCOc1cc(N)cc(N2CCCN(C)C(=O)C2)c1. The second-order valence-electron chi connectivity index (χ2n) is 4.78. The first-order chi connectivity index (χ1) is 9.10. The smallest absolute Gasteiger partial charge is 0.241 e. The molecule has 5 heteroatoms. The Morgan fingerprint density at radius 1 is 1.32 bits per heavy atom. The van der Waals surface area contributed by atoms with Crippen LogP contribution in [-0.2, 0) is 4.79 Å². The molecular weight excluding hydrogens is 242 g/mol. The predicted octanol–water partition coefficient (Wildman–Crippen LogP) is 1.34. The zero-order chi connectivity index (χ0) is 13.8. The molecule has 5 nitrogen and oxygen atoms in total. The van der Waals surface area contributed by atoms with Gasteiger partial charge in [0.1, 0.15) is 5.75 Å². The molecule has 0 spiro atoms. The highest BCUT2D eigenvalue weighted by Crippen LogP contribution is 2.26. The highest BCUT2D eigenvalue weighted by Gasteiger charge is 2.19. The van der Waals surface area contributed by atoms with Crippen LogP contribution in [0.15, 0.2) is 18.2 Å². The molecule has 0 atom stereocenters. The van der Waals surface area contributed by atoms with Gasteiger partial charge in [0.15, 0.2) is 0 Å². The van der Waals surface area contributed by atoms with Crippen LogP contribution < -0.4 is 15.4 Å². The van der Waals surface area contributed by atoms with E-state index in [-0.39, 0.29) is 5.91 Å². The Bertz CT molecular complexity index is 462. The van der Waals surface area contributed by atoms with E-state index in [1.807, 2.05) is 26.1 Å². The number of carbonyl (C=O) groups excluding carboxylic acids is 1. The lowest BCUT2D eigenvalue weighted by atomic mass is 10.2. The van der Waals surface area contributed by atoms with Gasteiger partial charge in [-0.3, -0.25) is 4.79 Å². The monoisotopic (exact) mass is 263 g/mol. The molecule has 2 N–H and O–H groups in total. The molecule has 0 radical (unpaired) electrons. The zero-order valence-corrected chi connectivity index (χ0v) is 11.6. The highest BCUT2D eigenvalue weighted by molar-refractivity contribution is 5.82. The van der Waals surface area contributed by atoms with Crippen LogP contribution in [0.5, 0.6) is 5.75 Å². The fourth-order valence-electron chi connectivity index (χ4n) is 2.25. The van der Waals surface area contributed by atoms with Crippen LogP contribution in [0, 0.1) is 0 Å². The summed E-state index contributed by atoms with van der Waals surface area (Å²) in [6.07, 6.45) is 0.959. The Labute approximate surface area is 113 Å². The maximum absolute atomic E-state index is 11.9. The number of nitrogen functional groups attached to an aromatic ring is 1. The molecule has 1 amide bonds. The minimum Gasteiger partial charge on any atom is -0.494 e. The molecule has 0 bridgehead atoms. The van der Waals surface area contributed by atoms with Crippen LogP contribution in [0.3, 0.4) is 0 Å². The average molecular weight is 263 g/mol. The number of nitrogens with zero attached hydrogens (tertiary/aromatic N) is 2. The molecule has 104 valence electrons. The molecule has 1 aromatic carbocycles. The highest BCUT2D eigenvalue weighted by atomic mass is 16.5. The van der Waals surface area contributed by atoms with E-state index in [0.29, 0.717) is 18.8 Å². The summed E-state index contributed by atoms with van der Waals surface area (Å²) in [6.45, 7) is 4.59. The minimum atomic E-state index is 0.137. The summed E-state index contributed by atoms with van der Waals surface area (Å²) < 4.78 is 5.50. The number of hydrogen-bond acceptors (Lipinski definition) is 4. The molecule has 1 heterocycles. The number of anilines is 2. The van der Waals surface area contributed by atoms with E-state index in [9.17, 15) is 4.79 Å². The Morgan fingerprint density at radius 2 is 2.11 bits per heavy atom. The Morgan fingerprint density at radius 3 is 2.84 bits per heavy atom. The summed E-state index contributed by atoms with van der Waals surface area (Å²) in [4.78, 5) is 15.7. The molecule has 1 saturated heterocycles. The summed E-state index contributed by atoms with van der Waals surface area (Å²) in [5.74, 6) is 0.889. The van der Waals surface area contributed by atoms with Crippen LogP contribution >= 0.6 is 0 Å². The molecule has 1 fully saturated rings. The van der Waals surface area contributed by atoms with E-state index >= 15 is 0 Å². The lowest BCUT2D eigenvalue weighted by Crippen LogP contribution is -2.34. The van der Waals surface area contributed by atoms with Crippen molar-refractivity contribution in [3.8, 4) is 5.75 Å². The van der Waals surface area contributed by atoms with Crippen LogP contribution in [0.25, 0.3) is 0 Å². The van der Waals surface area contributed by atoms with Crippen molar-refractivity contribution in [2.45, 2.75) is 13.3 Å². The van der Waals surface area contributed by atoms with E-state index < -0.39 is 0 Å². The minimum absolute atomic E-state index is 0.137. The van der Waals surface area contributed by atoms with Gasteiger partial charge in [-0.2, -0.15) is 0 Å². The number of carbonyl (C=O) groups is 1. The van der Waals surface area contributed by atoms with E-state index in [0.717, 1.165) is 30.9 Å². The van der Waals surface area contributed by atoms with Crippen molar-refractivity contribution in [2.24, 2.45) is 0 Å². The van der Waals surface area contributed by atoms with E-state index in [4.69, 9.17) is 10.5 Å². The van der Waals surface area contributed by atoms with Gasteiger partial charge in [0.25, 0.3) is 0 Å². The van der Waals surface area contributed by atoms with Crippen LogP contribution in [0.1, 0.15) is 13.3 Å². The number of rotatable bonds is 3. The molecule has 0 unspecified atom stereocenters. The number of likely N-dealkylation sites (N-methyl/N-ethyl adjacent to an activating group) is 1. The summed E-state index contributed by atoms with van der Waals surface area (Å²) in [6, 6.07) is 5.64. The Balaban J connectivity index is 2.22. The lowest BCUT2D eigenvalue weighted by Gasteiger charge is -2.23. The first kappa shape index (κ1) is 13.5. The molecule has 2 rings (SSSR count). The van der Waals surface area contributed by atoms with Crippen molar-refractivity contribution in [3.63, 3.8) is 0 Å². The van der Waals surface area contributed by atoms with Gasteiger partial charge >= 0.3 is 0 Å². The number of nitrogens with two attached hydrogens (primary N) is 1. The molecule has 1 aliphatic heterocycles. The molecule has 1 aromatic rings. The Hall–Kier alpha value is -1.91. The second-order valence-corrected chi connectivity index (χ2v) is 4.78. The van der Waals surface area contributed by atoms with Crippen LogP contribution in [-0.4, -0.2) is 44.1 Å².